The molecule has 1 aromatic carbocycles. The second kappa shape index (κ2) is 4.87. The van der Waals surface area contributed by atoms with Crippen LogP contribution in [0.25, 0.3) is 0 Å². The van der Waals surface area contributed by atoms with Crippen LogP contribution in [0.2, 0.25) is 0 Å². The van der Waals surface area contributed by atoms with Crippen molar-refractivity contribution in [2.75, 3.05) is 17.7 Å². The van der Waals surface area contributed by atoms with Gasteiger partial charge in [0.2, 0.25) is 0 Å². The van der Waals surface area contributed by atoms with E-state index < -0.39 is 0 Å². The fourth-order valence-corrected chi connectivity index (χ4v) is 1.79. The first kappa shape index (κ1) is 11.5. The number of hydrogen-bond donors (Lipinski definition) is 1. The molecule has 0 amide bonds. The molecule has 0 saturated carbocycles. The lowest BCUT2D eigenvalue weighted by Crippen LogP contribution is -2.17. The molecule has 0 atom stereocenters. The minimum atomic E-state index is 0.694. The highest BCUT2D eigenvalue weighted by atomic mass is 15.1. The molecule has 0 fully saturated rings. The first-order valence-electron chi connectivity index (χ1n) is 5.63. The number of nitrogen functional groups attached to an aromatic ring is 1. The molecule has 0 saturated heterocycles. The Morgan fingerprint density at radius 3 is 2.71 bits per heavy atom. The first-order chi connectivity index (χ1) is 8.16. The summed E-state index contributed by atoms with van der Waals surface area (Å²) in [6.45, 7) is 2.98. The molecule has 17 heavy (non-hydrogen) atoms. The van der Waals surface area contributed by atoms with Gasteiger partial charge in [-0.25, -0.2) is 0 Å². The van der Waals surface area contributed by atoms with Crippen LogP contribution in [0.4, 0.5) is 11.4 Å². The van der Waals surface area contributed by atoms with E-state index in [9.17, 15) is 0 Å². The van der Waals surface area contributed by atoms with Crippen molar-refractivity contribution in [3.63, 3.8) is 0 Å². The zero-order chi connectivity index (χ0) is 12.3. The molecule has 0 unspecified atom stereocenters. The lowest BCUT2D eigenvalue weighted by Gasteiger charge is -2.20. The van der Waals surface area contributed by atoms with E-state index in [-0.39, 0.29) is 0 Å². The topological polar surface area (TPSA) is 42.2 Å². The molecule has 0 bridgehead atoms. The van der Waals surface area contributed by atoms with Crippen molar-refractivity contribution in [2.45, 2.75) is 13.5 Å². The summed E-state index contributed by atoms with van der Waals surface area (Å²) in [5.41, 5.74) is 10.1. The van der Waals surface area contributed by atoms with Gasteiger partial charge in [-0.3, -0.25) is 4.98 Å². The molecule has 2 aromatic rings. The minimum Gasteiger partial charge on any atom is -0.397 e. The Morgan fingerprint density at radius 1 is 1.24 bits per heavy atom. The molecule has 88 valence electrons. The Bertz CT molecular complexity index is 508. The monoisotopic (exact) mass is 227 g/mol. The Kier molecular flexibility index (Phi) is 3.28. The van der Waals surface area contributed by atoms with Gasteiger partial charge in [-0.2, -0.15) is 0 Å². The maximum atomic E-state index is 5.73. The summed E-state index contributed by atoms with van der Waals surface area (Å²) in [6, 6.07) is 10.3. The van der Waals surface area contributed by atoms with E-state index in [1.54, 1.807) is 6.20 Å². The highest BCUT2D eigenvalue weighted by Crippen LogP contribution is 2.18. The molecule has 3 heteroatoms. The van der Waals surface area contributed by atoms with Gasteiger partial charge in [-0.05, 0) is 24.1 Å². The number of nitrogens with two attached hydrogens (primary N) is 1. The molecule has 2 rings (SSSR count). The highest BCUT2D eigenvalue weighted by Gasteiger charge is 2.04. The minimum absolute atomic E-state index is 0.694. The van der Waals surface area contributed by atoms with Crippen molar-refractivity contribution in [3.8, 4) is 0 Å². The number of aryl methyl sites for hydroxylation is 1. The number of hydrogen-bond acceptors (Lipinski definition) is 3. The Balaban J connectivity index is 2.17. The van der Waals surface area contributed by atoms with Gasteiger partial charge in [0.1, 0.15) is 0 Å². The van der Waals surface area contributed by atoms with E-state index in [4.69, 9.17) is 5.73 Å². The summed E-state index contributed by atoms with van der Waals surface area (Å²) in [5, 5.41) is 0. The van der Waals surface area contributed by atoms with Crippen molar-refractivity contribution < 1.29 is 0 Å². The molecular weight excluding hydrogens is 210 g/mol. The summed E-state index contributed by atoms with van der Waals surface area (Å²) in [7, 11) is 2.04. The summed E-state index contributed by atoms with van der Waals surface area (Å²) < 4.78 is 0. The zero-order valence-electron chi connectivity index (χ0n) is 10.2. The van der Waals surface area contributed by atoms with Gasteiger partial charge < -0.3 is 10.6 Å². The van der Waals surface area contributed by atoms with E-state index >= 15 is 0 Å². The van der Waals surface area contributed by atoms with Gasteiger partial charge in [0.15, 0.2) is 0 Å². The number of aromatic nitrogens is 1. The van der Waals surface area contributed by atoms with Crippen molar-refractivity contribution in [3.05, 3.63) is 53.9 Å². The molecule has 3 nitrogen and oxygen atoms in total. The number of nitrogens with zero attached hydrogens (tertiary/aromatic N) is 2. The Hall–Kier alpha value is -2.03. The predicted octanol–water partition coefficient (Wildman–Crippen LogP) is 2.61. The van der Waals surface area contributed by atoms with Gasteiger partial charge in [-0.15, -0.1) is 0 Å². The average molecular weight is 227 g/mol. The van der Waals surface area contributed by atoms with Crippen molar-refractivity contribution >= 4 is 11.4 Å². The highest BCUT2D eigenvalue weighted by molar-refractivity contribution is 5.53. The van der Waals surface area contributed by atoms with Crippen molar-refractivity contribution in [1.29, 1.82) is 0 Å². The molecule has 0 spiro atoms. The SMILES string of the molecule is Cc1ccccc1CN(C)c1cncc(N)c1. The molecule has 2 N–H and O–H groups in total. The van der Waals surface area contributed by atoms with E-state index in [2.05, 4.69) is 41.1 Å². The molecule has 0 aliphatic rings. The third-order valence-corrected chi connectivity index (χ3v) is 2.85. The van der Waals surface area contributed by atoms with Crippen molar-refractivity contribution in [1.82, 2.24) is 4.98 Å². The fourth-order valence-electron chi connectivity index (χ4n) is 1.79. The van der Waals surface area contributed by atoms with Crippen LogP contribution in [-0.2, 0) is 6.54 Å². The predicted molar refractivity (Wildman–Crippen MR) is 71.9 cm³/mol. The van der Waals surface area contributed by atoms with E-state index in [1.807, 2.05) is 19.3 Å². The van der Waals surface area contributed by atoms with Crippen LogP contribution >= 0.6 is 0 Å². The summed E-state index contributed by atoms with van der Waals surface area (Å²) in [4.78, 5) is 6.25. The lowest BCUT2D eigenvalue weighted by atomic mass is 10.1. The third-order valence-electron chi connectivity index (χ3n) is 2.85. The second-order valence-corrected chi connectivity index (χ2v) is 4.26. The van der Waals surface area contributed by atoms with Crippen molar-refractivity contribution in [2.24, 2.45) is 0 Å². The molecule has 0 aliphatic carbocycles. The molecular formula is C14H17N3. The van der Waals surface area contributed by atoms with Crippen LogP contribution in [0, 0.1) is 6.92 Å². The Morgan fingerprint density at radius 2 is 2.00 bits per heavy atom. The van der Waals surface area contributed by atoms with E-state index in [1.165, 1.54) is 11.1 Å². The van der Waals surface area contributed by atoms with Crippen LogP contribution in [0.3, 0.4) is 0 Å². The standard InChI is InChI=1S/C14H17N3/c1-11-5-3-4-6-12(11)10-17(2)14-7-13(15)8-16-9-14/h3-9H,10,15H2,1-2H3. The number of rotatable bonds is 3. The summed E-state index contributed by atoms with van der Waals surface area (Å²) in [6.07, 6.45) is 3.49. The van der Waals surface area contributed by atoms with Gasteiger partial charge >= 0.3 is 0 Å². The fraction of sp³-hybridized carbons (Fsp3) is 0.214. The van der Waals surface area contributed by atoms with Gasteiger partial charge in [0.25, 0.3) is 0 Å². The van der Waals surface area contributed by atoms with Crippen LogP contribution in [0.15, 0.2) is 42.7 Å². The van der Waals surface area contributed by atoms with Crippen LogP contribution in [0.1, 0.15) is 11.1 Å². The van der Waals surface area contributed by atoms with Gasteiger partial charge in [-0.1, -0.05) is 24.3 Å². The van der Waals surface area contributed by atoms with E-state index in [0.717, 1.165) is 12.2 Å². The number of benzene rings is 1. The van der Waals surface area contributed by atoms with Crippen LogP contribution in [0.5, 0.6) is 0 Å². The van der Waals surface area contributed by atoms with E-state index in [0.29, 0.717) is 5.69 Å². The average Bonchev–Trinajstić information content (AvgIpc) is 2.32. The zero-order valence-corrected chi connectivity index (χ0v) is 10.2. The summed E-state index contributed by atoms with van der Waals surface area (Å²) in [5.74, 6) is 0. The molecule has 0 aliphatic heterocycles. The second-order valence-electron chi connectivity index (χ2n) is 4.26. The number of pyridine rings is 1. The summed E-state index contributed by atoms with van der Waals surface area (Å²) >= 11 is 0. The quantitative estimate of drug-likeness (QED) is 0.876. The Labute approximate surface area is 102 Å². The smallest absolute Gasteiger partial charge is 0.0573 e. The largest absolute Gasteiger partial charge is 0.397 e. The third kappa shape index (κ3) is 2.75. The van der Waals surface area contributed by atoms with Gasteiger partial charge in [0, 0.05) is 19.8 Å². The lowest BCUT2D eigenvalue weighted by molar-refractivity contribution is 0.910. The maximum Gasteiger partial charge on any atom is 0.0573 e. The molecule has 1 heterocycles. The van der Waals surface area contributed by atoms with Gasteiger partial charge in [0.05, 0.1) is 17.6 Å². The van der Waals surface area contributed by atoms with Crippen LogP contribution < -0.4 is 10.6 Å². The molecule has 0 radical (unpaired) electrons. The maximum absolute atomic E-state index is 5.73. The first-order valence-corrected chi connectivity index (χ1v) is 5.63. The number of anilines is 2. The molecule has 1 aromatic heterocycles. The van der Waals surface area contributed by atoms with Crippen LogP contribution in [-0.4, -0.2) is 12.0 Å². The normalized spacial score (nSPS) is 10.2.